The number of rotatable bonds is 7. The van der Waals surface area contributed by atoms with Gasteiger partial charge in [-0.15, -0.1) is 0 Å². The molecule has 3 N–H and O–H groups in total. The minimum atomic E-state index is -4.36. The maximum atomic E-state index is 15.0. The number of halogens is 3. The molecular formula is C23H27ClF2N4O3S. The van der Waals surface area contributed by atoms with E-state index in [2.05, 4.69) is 19.9 Å². The highest BCUT2D eigenvalue weighted by Gasteiger charge is 2.56. The zero-order valence-electron chi connectivity index (χ0n) is 18.4. The molecule has 5 rings (SSSR count). The van der Waals surface area contributed by atoms with Gasteiger partial charge in [-0.2, -0.15) is 4.39 Å². The van der Waals surface area contributed by atoms with Gasteiger partial charge in [0.2, 0.25) is 5.95 Å². The zero-order valence-corrected chi connectivity index (χ0v) is 20.0. The molecule has 11 heteroatoms. The number of benzene rings is 1. The number of likely N-dealkylation sites (tertiary alicyclic amines) is 1. The fraction of sp³-hybridized carbons (Fsp3) is 0.522. The van der Waals surface area contributed by atoms with E-state index in [9.17, 15) is 22.3 Å². The number of piperidine rings is 1. The number of aliphatic hydroxyl groups excluding tert-OH is 1. The van der Waals surface area contributed by atoms with Crippen LogP contribution < -0.4 is 10.0 Å². The fourth-order valence-electron chi connectivity index (χ4n) is 5.64. The third kappa shape index (κ3) is 4.60. The second-order valence-corrected chi connectivity index (χ2v) is 11.5. The minimum absolute atomic E-state index is 0.0628. The minimum Gasteiger partial charge on any atom is -0.396 e. The first-order valence-electron chi connectivity index (χ1n) is 11.5. The molecule has 3 aliphatic rings. The summed E-state index contributed by atoms with van der Waals surface area (Å²) in [6, 6.07) is 6.15. The van der Waals surface area contributed by atoms with Crippen LogP contribution >= 0.6 is 11.6 Å². The second-order valence-electron chi connectivity index (χ2n) is 9.44. The molecule has 0 radical (unpaired) electrons. The number of hydrogen-bond acceptors (Lipinski definition) is 6. The van der Waals surface area contributed by atoms with Crippen molar-refractivity contribution in [3.8, 4) is 0 Å². The number of aromatic nitrogens is 1. The van der Waals surface area contributed by atoms with Crippen molar-refractivity contribution in [2.45, 2.75) is 42.7 Å². The molecule has 0 bridgehead atoms. The Labute approximate surface area is 202 Å². The van der Waals surface area contributed by atoms with Crippen LogP contribution in [0.25, 0.3) is 0 Å². The summed E-state index contributed by atoms with van der Waals surface area (Å²) in [5.41, 5.74) is 0.344. The van der Waals surface area contributed by atoms with Gasteiger partial charge in [0.25, 0.3) is 10.0 Å². The van der Waals surface area contributed by atoms with Gasteiger partial charge in [0, 0.05) is 31.8 Å². The number of sulfonamides is 1. The van der Waals surface area contributed by atoms with Crippen molar-refractivity contribution in [1.82, 2.24) is 9.88 Å². The van der Waals surface area contributed by atoms with Crippen LogP contribution in [-0.4, -0.2) is 55.2 Å². The number of nitrogens with one attached hydrogen (secondary N) is 2. The highest BCUT2D eigenvalue weighted by Crippen LogP contribution is 2.52. The highest BCUT2D eigenvalue weighted by atomic mass is 35.5. The summed E-state index contributed by atoms with van der Waals surface area (Å²) < 4.78 is 55.7. The van der Waals surface area contributed by atoms with Crippen molar-refractivity contribution in [3.05, 3.63) is 47.1 Å². The number of nitrogens with zero attached hydrogens (tertiary/aromatic N) is 2. The zero-order chi connectivity index (χ0) is 24.0. The van der Waals surface area contributed by atoms with Gasteiger partial charge in [-0.3, -0.25) is 9.62 Å². The van der Waals surface area contributed by atoms with E-state index in [0.29, 0.717) is 23.4 Å². The summed E-state index contributed by atoms with van der Waals surface area (Å²) in [5.74, 6) is -0.509. The van der Waals surface area contributed by atoms with Gasteiger partial charge in [0.15, 0.2) is 0 Å². The van der Waals surface area contributed by atoms with Gasteiger partial charge in [-0.25, -0.2) is 17.8 Å². The molecule has 2 saturated carbocycles. The molecule has 2 aromatic rings. The molecule has 2 aliphatic carbocycles. The Bertz CT molecular complexity index is 1170. The lowest BCUT2D eigenvalue weighted by molar-refractivity contribution is 0.142. The fourth-order valence-corrected chi connectivity index (χ4v) is 7.01. The maximum Gasteiger partial charge on any atom is 0.266 e. The summed E-state index contributed by atoms with van der Waals surface area (Å²) in [6.07, 6.45) is 4.10. The molecule has 3 fully saturated rings. The van der Waals surface area contributed by atoms with Gasteiger partial charge in [-0.05, 0) is 54.9 Å². The van der Waals surface area contributed by atoms with Crippen LogP contribution in [-0.2, 0) is 10.0 Å². The van der Waals surface area contributed by atoms with Crippen molar-refractivity contribution in [2.24, 2.45) is 17.8 Å². The topological polar surface area (TPSA) is 94.6 Å². The van der Waals surface area contributed by atoms with E-state index >= 15 is 0 Å². The van der Waals surface area contributed by atoms with Crippen LogP contribution in [0.15, 0.2) is 35.2 Å². The van der Waals surface area contributed by atoms with Crippen LogP contribution in [0, 0.1) is 29.5 Å². The third-order valence-corrected chi connectivity index (χ3v) is 9.10. The SMILES string of the molecule is O=S(=O)(Nc1cccc(F)n1)c1cc(Cl)c(N[C@@H]2CCCC[C@H]2N2C[C@@H]3C(CO)[C@@H]3C2)cc1F. The maximum absolute atomic E-state index is 15.0. The summed E-state index contributed by atoms with van der Waals surface area (Å²) in [7, 11) is -4.36. The van der Waals surface area contributed by atoms with Crippen LogP contribution in [0.2, 0.25) is 5.02 Å². The number of fused-ring (bicyclic) bond motifs is 1. The van der Waals surface area contributed by atoms with E-state index in [-0.39, 0.29) is 29.5 Å². The average Bonchev–Trinajstić information content (AvgIpc) is 3.26. The molecular weight excluding hydrogens is 486 g/mol. The molecule has 184 valence electrons. The van der Waals surface area contributed by atoms with Gasteiger partial charge in [0.05, 0.1) is 10.7 Å². The molecule has 34 heavy (non-hydrogen) atoms. The number of hydrogen-bond donors (Lipinski definition) is 3. The normalized spacial score (nSPS) is 29.0. The van der Waals surface area contributed by atoms with Crippen molar-refractivity contribution >= 4 is 33.1 Å². The third-order valence-electron chi connectivity index (χ3n) is 7.41. The van der Waals surface area contributed by atoms with Crippen molar-refractivity contribution in [1.29, 1.82) is 0 Å². The largest absolute Gasteiger partial charge is 0.396 e. The second kappa shape index (κ2) is 9.22. The van der Waals surface area contributed by atoms with Crippen LogP contribution in [0.5, 0.6) is 0 Å². The van der Waals surface area contributed by atoms with Crippen LogP contribution in [0.1, 0.15) is 25.7 Å². The quantitative estimate of drug-likeness (QED) is 0.490. The first-order chi connectivity index (χ1) is 16.3. The molecule has 1 unspecified atom stereocenters. The number of anilines is 2. The van der Waals surface area contributed by atoms with Crippen molar-refractivity contribution < 1.29 is 22.3 Å². The summed E-state index contributed by atoms with van der Waals surface area (Å²) >= 11 is 6.39. The van der Waals surface area contributed by atoms with Crippen molar-refractivity contribution in [2.75, 3.05) is 29.7 Å². The van der Waals surface area contributed by atoms with Crippen LogP contribution in [0.4, 0.5) is 20.3 Å². The average molecular weight is 513 g/mol. The lowest BCUT2D eigenvalue weighted by Crippen LogP contribution is -2.49. The Morgan fingerprint density at radius 2 is 1.88 bits per heavy atom. The molecule has 1 saturated heterocycles. The smallest absolute Gasteiger partial charge is 0.266 e. The Balaban J connectivity index is 1.32. The number of pyridine rings is 1. The Morgan fingerprint density at radius 3 is 2.59 bits per heavy atom. The molecule has 0 spiro atoms. The summed E-state index contributed by atoms with van der Waals surface area (Å²) in [6.45, 7) is 2.19. The number of aliphatic hydroxyl groups is 1. The molecule has 1 aromatic carbocycles. The van der Waals surface area contributed by atoms with E-state index < -0.39 is 26.7 Å². The predicted molar refractivity (Wildman–Crippen MR) is 125 cm³/mol. The predicted octanol–water partition coefficient (Wildman–Crippen LogP) is 3.71. The van der Waals surface area contributed by atoms with Crippen molar-refractivity contribution in [3.63, 3.8) is 0 Å². The van der Waals surface area contributed by atoms with E-state index in [0.717, 1.165) is 57.0 Å². The Morgan fingerprint density at radius 1 is 1.15 bits per heavy atom. The van der Waals surface area contributed by atoms with Gasteiger partial charge in [0.1, 0.15) is 16.5 Å². The molecule has 5 atom stereocenters. The molecule has 7 nitrogen and oxygen atoms in total. The summed E-state index contributed by atoms with van der Waals surface area (Å²) in [5, 5.41) is 12.9. The Hall–Kier alpha value is -2.01. The van der Waals surface area contributed by atoms with E-state index in [1.807, 2.05) is 0 Å². The lowest BCUT2D eigenvalue weighted by Gasteiger charge is -2.40. The van der Waals surface area contributed by atoms with Gasteiger partial charge >= 0.3 is 0 Å². The standard InChI is InChI=1S/C23H27ClF2N4O3S/c24-16-8-21(34(32,33)29-23-7-3-6-22(26)28-23)17(25)9-19(16)27-18-4-1-2-5-20(18)30-10-13-14(11-30)15(13)12-31/h3,6-9,13-15,18,20,27,31H,1-2,4-5,10-12H2,(H,28,29)/t13-,14+,15?,18-,20-/m1/s1. The highest BCUT2D eigenvalue weighted by molar-refractivity contribution is 7.92. The monoisotopic (exact) mass is 512 g/mol. The lowest BCUT2D eigenvalue weighted by atomic mass is 9.88. The van der Waals surface area contributed by atoms with Gasteiger partial charge < -0.3 is 10.4 Å². The molecule has 0 amide bonds. The van der Waals surface area contributed by atoms with Gasteiger partial charge in [-0.1, -0.05) is 30.5 Å². The van der Waals surface area contributed by atoms with E-state index in [4.69, 9.17) is 11.6 Å². The van der Waals surface area contributed by atoms with Crippen LogP contribution in [0.3, 0.4) is 0 Å². The summed E-state index contributed by atoms with van der Waals surface area (Å²) in [4.78, 5) is 5.29. The first-order valence-corrected chi connectivity index (χ1v) is 13.4. The molecule has 1 aliphatic heterocycles. The van der Waals surface area contributed by atoms with E-state index in [1.54, 1.807) is 0 Å². The first kappa shape index (κ1) is 23.7. The van der Waals surface area contributed by atoms with E-state index in [1.165, 1.54) is 12.1 Å². The molecule has 1 aromatic heterocycles. The Kier molecular flexibility index (Phi) is 6.43. The molecule has 2 heterocycles.